The van der Waals surface area contributed by atoms with E-state index in [2.05, 4.69) is 20.8 Å². The van der Waals surface area contributed by atoms with Crippen LogP contribution in [0.4, 0.5) is 0 Å². The van der Waals surface area contributed by atoms with E-state index in [1.54, 1.807) is 7.11 Å². The molecule has 1 heterocycles. The first-order chi connectivity index (χ1) is 7.86. The summed E-state index contributed by atoms with van der Waals surface area (Å²) in [6, 6.07) is -0.409. The van der Waals surface area contributed by atoms with Crippen LogP contribution in [0.3, 0.4) is 0 Å². The normalized spacial score (nSPS) is 22.9. The highest BCUT2D eigenvalue weighted by Crippen LogP contribution is 2.33. The molecule has 2 N–H and O–H groups in total. The van der Waals surface area contributed by atoms with Crippen molar-refractivity contribution in [1.82, 2.24) is 4.90 Å². The summed E-state index contributed by atoms with van der Waals surface area (Å²) in [5.74, 6) is 0.662. The number of nitrogens with zero attached hydrogens (tertiary/aromatic N) is 1. The highest BCUT2D eigenvalue weighted by atomic mass is 16.5. The molecule has 0 aliphatic carbocycles. The number of hydrogen-bond acceptors (Lipinski definition) is 3. The number of ether oxygens (including phenoxy) is 1. The van der Waals surface area contributed by atoms with Crippen molar-refractivity contribution >= 4 is 5.91 Å². The summed E-state index contributed by atoms with van der Waals surface area (Å²) in [6.07, 6.45) is 1.69. The second kappa shape index (κ2) is 5.83. The standard InChI is InChI=1S/C13H26N2O2/c1-13(2,3)10-5-7-15(9-10)12(16)11(14)6-8-17-4/h10-11H,5-9,14H2,1-4H3. The van der Waals surface area contributed by atoms with Crippen molar-refractivity contribution in [2.45, 2.75) is 39.7 Å². The molecule has 4 nitrogen and oxygen atoms in total. The molecule has 1 aliphatic heterocycles. The van der Waals surface area contributed by atoms with Crippen LogP contribution >= 0.6 is 0 Å². The predicted octanol–water partition coefficient (Wildman–Crippen LogP) is 1.24. The van der Waals surface area contributed by atoms with Crippen LogP contribution in [0.15, 0.2) is 0 Å². The molecular weight excluding hydrogens is 216 g/mol. The number of nitrogens with two attached hydrogens (primary N) is 1. The van der Waals surface area contributed by atoms with Gasteiger partial charge in [0.25, 0.3) is 0 Å². The molecular formula is C13H26N2O2. The maximum atomic E-state index is 12.1. The summed E-state index contributed by atoms with van der Waals surface area (Å²) in [7, 11) is 1.63. The maximum absolute atomic E-state index is 12.1. The smallest absolute Gasteiger partial charge is 0.239 e. The van der Waals surface area contributed by atoms with E-state index in [0.717, 1.165) is 19.5 Å². The maximum Gasteiger partial charge on any atom is 0.239 e. The van der Waals surface area contributed by atoms with Gasteiger partial charge >= 0.3 is 0 Å². The van der Waals surface area contributed by atoms with Crippen LogP contribution in [0.5, 0.6) is 0 Å². The highest BCUT2D eigenvalue weighted by molar-refractivity contribution is 5.81. The van der Waals surface area contributed by atoms with Crippen LogP contribution in [-0.4, -0.2) is 43.7 Å². The van der Waals surface area contributed by atoms with Gasteiger partial charge in [0.1, 0.15) is 0 Å². The quantitative estimate of drug-likeness (QED) is 0.807. The third-order valence-corrected chi connectivity index (χ3v) is 3.67. The molecule has 1 amide bonds. The predicted molar refractivity (Wildman–Crippen MR) is 68.6 cm³/mol. The zero-order chi connectivity index (χ0) is 13.1. The van der Waals surface area contributed by atoms with E-state index in [-0.39, 0.29) is 11.3 Å². The van der Waals surface area contributed by atoms with E-state index in [1.165, 1.54) is 0 Å². The fourth-order valence-electron chi connectivity index (χ4n) is 2.27. The van der Waals surface area contributed by atoms with Crippen LogP contribution in [0.25, 0.3) is 0 Å². The lowest BCUT2D eigenvalue weighted by Crippen LogP contribution is -2.43. The minimum atomic E-state index is -0.409. The lowest BCUT2D eigenvalue weighted by atomic mass is 9.80. The minimum absolute atomic E-state index is 0.0776. The summed E-state index contributed by atoms with van der Waals surface area (Å²) >= 11 is 0. The summed E-state index contributed by atoms with van der Waals surface area (Å²) in [5.41, 5.74) is 6.14. The monoisotopic (exact) mass is 242 g/mol. The number of carbonyl (C=O) groups excluding carboxylic acids is 1. The van der Waals surface area contributed by atoms with Crippen LogP contribution < -0.4 is 5.73 Å². The van der Waals surface area contributed by atoms with Crippen LogP contribution in [0, 0.1) is 11.3 Å². The Morgan fingerprint density at radius 1 is 1.53 bits per heavy atom. The Balaban J connectivity index is 2.45. The van der Waals surface area contributed by atoms with Crippen molar-refractivity contribution < 1.29 is 9.53 Å². The Hall–Kier alpha value is -0.610. The second-order valence-corrected chi connectivity index (χ2v) is 6.02. The zero-order valence-electron chi connectivity index (χ0n) is 11.5. The molecule has 4 heteroatoms. The van der Waals surface area contributed by atoms with Gasteiger partial charge in [-0.3, -0.25) is 4.79 Å². The largest absolute Gasteiger partial charge is 0.385 e. The number of carbonyl (C=O) groups is 1. The average molecular weight is 242 g/mol. The molecule has 2 unspecified atom stereocenters. The first-order valence-electron chi connectivity index (χ1n) is 6.39. The highest BCUT2D eigenvalue weighted by Gasteiger charge is 2.35. The van der Waals surface area contributed by atoms with Crippen LogP contribution in [-0.2, 0) is 9.53 Å². The van der Waals surface area contributed by atoms with Gasteiger partial charge in [-0.1, -0.05) is 20.8 Å². The molecule has 1 fully saturated rings. The topological polar surface area (TPSA) is 55.6 Å². The second-order valence-electron chi connectivity index (χ2n) is 6.02. The first kappa shape index (κ1) is 14.5. The summed E-state index contributed by atoms with van der Waals surface area (Å²) in [6.45, 7) is 8.94. The van der Waals surface area contributed by atoms with Gasteiger partial charge in [0.2, 0.25) is 5.91 Å². The van der Waals surface area contributed by atoms with Gasteiger partial charge in [-0.2, -0.15) is 0 Å². The van der Waals surface area contributed by atoms with Crippen LogP contribution in [0.2, 0.25) is 0 Å². The van der Waals surface area contributed by atoms with Gasteiger partial charge in [0.15, 0.2) is 0 Å². The Morgan fingerprint density at radius 2 is 2.18 bits per heavy atom. The van der Waals surface area contributed by atoms with Crippen molar-refractivity contribution in [2.24, 2.45) is 17.1 Å². The van der Waals surface area contributed by atoms with Crippen molar-refractivity contribution in [2.75, 3.05) is 26.8 Å². The molecule has 100 valence electrons. The van der Waals surface area contributed by atoms with Crippen molar-refractivity contribution in [3.05, 3.63) is 0 Å². The molecule has 2 atom stereocenters. The molecule has 1 rings (SSSR count). The van der Waals surface area contributed by atoms with Crippen LogP contribution in [0.1, 0.15) is 33.6 Å². The van der Waals surface area contributed by atoms with Gasteiger partial charge in [-0.05, 0) is 24.2 Å². The zero-order valence-corrected chi connectivity index (χ0v) is 11.5. The van der Waals surface area contributed by atoms with E-state index < -0.39 is 6.04 Å². The van der Waals surface area contributed by atoms with Gasteiger partial charge in [-0.25, -0.2) is 0 Å². The van der Waals surface area contributed by atoms with E-state index in [1.807, 2.05) is 4.90 Å². The number of amides is 1. The van der Waals surface area contributed by atoms with E-state index >= 15 is 0 Å². The summed E-state index contributed by atoms with van der Waals surface area (Å²) in [4.78, 5) is 14.0. The molecule has 1 saturated heterocycles. The molecule has 0 aromatic rings. The van der Waals surface area contributed by atoms with Gasteiger partial charge in [0, 0.05) is 26.8 Å². The lowest BCUT2D eigenvalue weighted by Gasteiger charge is -2.27. The van der Waals surface area contributed by atoms with Crippen molar-refractivity contribution in [1.29, 1.82) is 0 Å². The third kappa shape index (κ3) is 3.96. The first-order valence-corrected chi connectivity index (χ1v) is 6.39. The van der Waals surface area contributed by atoms with Gasteiger partial charge in [0.05, 0.1) is 6.04 Å². The Labute approximate surface area is 104 Å². The summed E-state index contributed by atoms with van der Waals surface area (Å²) in [5, 5.41) is 0. The fraction of sp³-hybridized carbons (Fsp3) is 0.923. The SMILES string of the molecule is COCCC(N)C(=O)N1CCC(C(C)(C)C)C1. The molecule has 17 heavy (non-hydrogen) atoms. The molecule has 0 bridgehead atoms. The molecule has 0 spiro atoms. The molecule has 0 radical (unpaired) electrons. The molecule has 0 aromatic heterocycles. The van der Waals surface area contributed by atoms with Gasteiger partial charge < -0.3 is 15.4 Å². The molecule has 0 saturated carbocycles. The number of hydrogen-bond donors (Lipinski definition) is 1. The van der Waals surface area contributed by atoms with Crippen molar-refractivity contribution in [3.8, 4) is 0 Å². The van der Waals surface area contributed by atoms with E-state index in [4.69, 9.17) is 10.5 Å². The number of methoxy groups -OCH3 is 1. The Morgan fingerprint density at radius 3 is 2.65 bits per heavy atom. The molecule has 0 aromatic carbocycles. The molecule has 1 aliphatic rings. The van der Waals surface area contributed by atoms with Crippen molar-refractivity contribution in [3.63, 3.8) is 0 Å². The average Bonchev–Trinajstić information content (AvgIpc) is 2.73. The number of likely N-dealkylation sites (tertiary alicyclic amines) is 1. The summed E-state index contributed by atoms with van der Waals surface area (Å²) < 4.78 is 4.95. The Kier molecular flexibility index (Phi) is 4.95. The van der Waals surface area contributed by atoms with E-state index in [0.29, 0.717) is 18.9 Å². The number of rotatable bonds is 4. The Bertz CT molecular complexity index is 261. The lowest BCUT2D eigenvalue weighted by molar-refractivity contribution is -0.132. The minimum Gasteiger partial charge on any atom is -0.385 e. The van der Waals surface area contributed by atoms with Gasteiger partial charge in [-0.15, -0.1) is 0 Å². The van der Waals surface area contributed by atoms with E-state index in [9.17, 15) is 4.79 Å². The fourth-order valence-corrected chi connectivity index (χ4v) is 2.27. The third-order valence-electron chi connectivity index (χ3n) is 3.67.